The second-order valence-electron chi connectivity index (χ2n) is 4.77. The van der Waals surface area contributed by atoms with Crippen LogP contribution in [0.5, 0.6) is 0 Å². The van der Waals surface area contributed by atoms with Gasteiger partial charge < -0.3 is 15.4 Å². The molecule has 0 saturated heterocycles. The molecule has 0 bridgehead atoms. The van der Waals surface area contributed by atoms with Gasteiger partial charge in [0.05, 0.1) is 6.54 Å². The summed E-state index contributed by atoms with van der Waals surface area (Å²) in [6.07, 6.45) is 8.29. The maximum Gasteiger partial charge on any atom is 0.233 e. The van der Waals surface area contributed by atoms with Crippen molar-refractivity contribution >= 4 is 5.91 Å². The van der Waals surface area contributed by atoms with E-state index in [0.29, 0.717) is 12.6 Å². The van der Waals surface area contributed by atoms with Crippen molar-refractivity contribution in [1.29, 1.82) is 0 Å². The fourth-order valence-corrected chi connectivity index (χ4v) is 2.21. The Labute approximate surface area is 104 Å². The lowest BCUT2D eigenvalue weighted by Crippen LogP contribution is -2.38. The van der Waals surface area contributed by atoms with E-state index in [9.17, 15) is 4.79 Å². The molecular weight excluding hydrogens is 216 g/mol. The third kappa shape index (κ3) is 7.34. The van der Waals surface area contributed by atoms with Gasteiger partial charge in [-0.25, -0.2) is 0 Å². The van der Waals surface area contributed by atoms with E-state index in [2.05, 4.69) is 10.6 Å². The number of nitrogens with one attached hydrogen (secondary N) is 2. The van der Waals surface area contributed by atoms with Gasteiger partial charge >= 0.3 is 0 Å². The Balaban J connectivity index is 1.87. The predicted octanol–water partition coefficient (Wildman–Crippen LogP) is 1.45. The Bertz CT molecular complexity index is 204. The molecule has 1 rings (SSSR count). The Morgan fingerprint density at radius 1 is 1.24 bits per heavy atom. The molecule has 0 radical (unpaired) electrons. The minimum absolute atomic E-state index is 0.128. The van der Waals surface area contributed by atoms with Crippen molar-refractivity contribution in [2.24, 2.45) is 0 Å². The highest BCUT2D eigenvalue weighted by Gasteiger charge is 2.14. The number of hydrogen-bond acceptors (Lipinski definition) is 3. The van der Waals surface area contributed by atoms with Crippen LogP contribution in [0.25, 0.3) is 0 Å². The van der Waals surface area contributed by atoms with Crippen LogP contribution in [0.3, 0.4) is 0 Å². The normalized spacial score (nSPS) is 16.3. The first-order valence-electron chi connectivity index (χ1n) is 6.82. The second kappa shape index (κ2) is 9.42. The van der Waals surface area contributed by atoms with Gasteiger partial charge in [0.25, 0.3) is 0 Å². The maximum atomic E-state index is 11.5. The Hall–Kier alpha value is -0.610. The van der Waals surface area contributed by atoms with Crippen LogP contribution in [0.1, 0.15) is 44.9 Å². The molecule has 0 spiro atoms. The van der Waals surface area contributed by atoms with E-state index in [-0.39, 0.29) is 5.91 Å². The highest BCUT2D eigenvalue weighted by molar-refractivity contribution is 5.77. The van der Waals surface area contributed by atoms with E-state index in [0.717, 1.165) is 32.4 Å². The van der Waals surface area contributed by atoms with Gasteiger partial charge in [0.15, 0.2) is 0 Å². The fourth-order valence-electron chi connectivity index (χ4n) is 2.21. The largest absolute Gasteiger partial charge is 0.385 e. The number of methoxy groups -OCH3 is 1. The van der Waals surface area contributed by atoms with Crippen molar-refractivity contribution in [3.63, 3.8) is 0 Å². The van der Waals surface area contributed by atoms with Gasteiger partial charge in [-0.2, -0.15) is 0 Å². The molecular formula is C13H26N2O2. The summed E-state index contributed by atoms with van der Waals surface area (Å²) in [4.78, 5) is 11.5. The van der Waals surface area contributed by atoms with Crippen LogP contribution in [0.4, 0.5) is 0 Å². The molecule has 1 saturated carbocycles. The van der Waals surface area contributed by atoms with Crippen molar-refractivity contribution in [2.75, 3.05) is 26.8 Å². The Morgan fingerprint density at radius 2 is 2.00 bits per heavy atom. The molecule has 0 heterocycles. The lowest BCUT2D eigenvalue weighted by atomic mass is 10.2. The van der Waals surface area contributed by atoms with E-state index in [1.807, 2.05) is 0 Å². The first-order valence-corrected chi connectivity index (χ1v) is 6.82. The average molecular weight is 242 g/mol. The summed E-state index contributed by atoms with van der Waals surface area (Å²) in [6.45, 7) is 2.08. The highest BCUT2D eigenvalue weighted by atomic mass is 16.5. The van der Waals surface area contributed by atoms with E-state index in [1.54, 1.807) is 7.11 Å². The van der Waals surface area contributed by atoms with Crippen molar-refractivity contribution in [3.8, 4) is 0 Å². The number of unbranched alkanes of at least 4 members (excludes halogenated alkanes) is 2. The van der Waals surface area contributed by atoms with Crippen LogP contribution < -0.4 is 10.6 Å². The molecule has 0 aromatic heterocycles. The number of amides is 1. The number of carbonyl (C=O) groups excluding carboxylic acids is 1. The molecule has 0 aromatic rings. The molecule has 0 atom stereocenters. The summed E-state index contributed by atoms with van der Waals surface area (Å²) >= 11 is 0. The zero-order chi connectivity index (χ0) is 12.3. The summed E-state index contributed by atoms with van der Waals surface area (Å²) in [5.74, 6) is 0.128. The average Bonchev–Trinajstić information content (AvgIpc) is 2.84. The van der Waals surface area contributed by atoms with E-state index in [1.165, 1.54) is 25.7 Å². The van der Waals surface area contributed by atoms with Crippen molar-refractivity contribution in [2.45, 2.75) is 51.0 Å². The molecule has 1 aliphatic carbocycles. The zero-order valence-corrected chi connectivity index (χ0v) is 11.0. The summed E-state index contributed by atoms with van der Waals surface area (Å²) in [5.41, 5.74) is 0. The molecule has 0 aliphatic heterocycles. The van der Waals surface area contributed by atoms with Gasteiger partial charge in [0.2, 0.25) is 5.91 Å². The quantitative estimate of drug-likeness (QED) is 0.602. The first-order chi connectivity index (χ1) is 8.33. The first kappa shape index (κ1) is 14.5. The molecule has 1 aliphatic rings. The van der Waals surface area contributed by atoms with Crippen LogP contribution in [-0.4, -0.2) is 38.8 Å². The smallest absolute Gasteiger partial charge is 0.233 e. The van der Waals surface area contributed by atoms with Crippen molar-refractivity contribution in [3.05, 3.63) is 0 Å². The molecule has 0 aromatic carbocycles. The highest BCUT2D eigenvalue weighted by Crippen LogP contribution is 2.17. The summed E-state index contributed by atoms with van der Waals surface area (Å²) in [6, 6.07) is 0.572. The van der Waals surface area contributed by atoms with Crippen LogP contribution in [0, 0.1) is 0 Å². The van der Waals surface area contributed by atoms with Gasteiger partial charge in [-0.05, 0) is 32.1 Å². The molecule has 4 heteroatoms. The van der Waals surface area contributed by atoms with Gasteiger partial charge in [-0.3, -0.25) is 4.79 Å². The van der Waals surface area contributed by atoms with Crippen molar-refractivity contribution < 1.29 is 9.53 Å². The lowest BCUT2D eigenvalue weighted by Gasteiger charge is -2.11. The molecule has 17 heavy (non-hydrogen) atoms. The van der Waals surface area contributed by atoms with Gasteiger partial charge in [-0.15, -0.1) is 0 Å². The molecule has 2 N–H and O–H groups in total. The number of rotatable bonds is 9. The Morgan fingerprint density at radius 3 is 2.71 bits per heavy atom. The molecule has 100 valence electrons. The van der Waals surface area contributed by atoms with E-state index >= 15 is 0 Å². The fraction of sp³-hybridized carbons (Fsp3) is 0.923. The summed E-state index contributed by atoms with van der Waals surface area (Å²) < 4.78 is 4.97. The molecule has 0 unspecified atom stereocenters. The standard InChI is InChI=1S/C13H26N2O2/c1-17-10-6-2-5-9-14-13(16)11-15-12-7-3-4-8-12/h12,15H,2-11H2,1H3,(H,14,16). The van der Waals surface area contributed by atoms with Gasteiger partial charge in [0, 0.05) is 26.3 Å². The minimum atomic E-state index is 0.128. The molecule has 1 fully saturated rings. The molecule has 4 nitrogen and oxygen atoms in total. The second-order valence-corrected chi connectivity index (χ2v) is 4.77. The van der Waals surface area contributed by atoms with Gasteiger partial charge in [0.1, 0.15) is 0 Å². The van der Waals surface area contributed by atoms with Crippen LogP contribution in [-0.2, 0) is 9.53 Å². The number of hydrogen-bond donors (Lipinski definition) is 2. The third-order valence-electron chi connectivity index (χ3n) is 3.25. The Kier molecular flexibility index (Phi) is 8.01. The summed E-state index contributed by atoms with van der Waals surface area (Å²) in [5, 5.41) is 6.25. The molecule has 1 amide bonds. The van der Waals surface area contributed by atoms with Crippen LogP contribution in [0.2, 0.25) is 0 Å². The van der Waals surface area contributed by atoms with E-state index < -0.39 is 0 Å². The van der Waals surface area contributed by atoms with Crippen LogP contribution in [0.15, 0.2) is 0 Å². The summed E-state index contributed by atoms with van der Waals surface area (Å²) in [7, 11) is 1.72. The predicted molar refractivity (Wildman–Crippen MR) is 69.0 cm³/mol. The maximum absolute atomic E-state index is 11.5. The minimum Gasteiger partial charge on any atom is -0.385 e. The van der Waals surface area contributed by atoms with E-state index in [4.69, 9.17) is 4.74 Å². The zero-order valence-electron chi connectivity index (χ0n) is 11.0. The topological polar surface area (TPSA) is 50.4 Å². The third-order valence-corrected chi connectivity index (χ3v) is 3.25. The van der Waals surface area contributed by atoms with Crippen LogP contribution >= 0.6 is 0 Å². The SMILES string of the molecule is COCCCCCNC(=O)CNC1CCCC1. The van der Waals surface area contributed by atoms with Crippen molar-refractivity contribution in [1.82, 2.24) is 10.6 Å². The number of carbonyl (C=O) groups is 1. The lowest BCUT2D eigenvalue weighted by molar-refractivity contribution is -0.120. The van der Waals surface area contributed by atoms with Gasteiger partial charge in [-0.1, -0.05) is 12.8 Å². The number of ether oxygens (including phenoxy) is 1. The monoisotopic (exact) mass is 242 g/mol.